The van der Waals surface area contributed by atoms with Crippen molar-refractivity contribution in [3.63, 3.8) is 0 Å². The summed E-state index contributed by atoms with van der Waals surface area (Å²) >= 11 is 0. The predicted molar refractivity (Wildman–Crippen MR) is 77.1 cm³/mol. The molecule has 1 N–H and O–H groups in total. The van der Waals surface area contributed by atoms with E-state index in [2.05, 4.69) is 15.8 Å². The quantitative estimate of drug-likeness (QED) is 0.650. The van der Waals surface area contributed by atoms with E-state index < -0.39 is 0 Å². The molecule has 1 aliphatic heterocycles. The average molecular weight is 260 g/mol. The number of carbonyl (C=O) groups excluding carboxylic acids is 1. The highest BCUT2D eigenvalue weighted by Gasteiger charge is 2.22. The highest BCUT2D eigenvalue weighted by atomic mass is 16.2. The van der Waals surface area contributed by atoms with Crippen LogP contribution in [0.2, 0.25) is 6.82 Å². The fourth-order valence-corrected chi connectivity index (χ4v) is 2.44. The third-order valence-corrected chi connectivity index (χ3v) is 3.68. The smallest absolute Gasteiger partial charge is 0.376 e. The molecule has 0 saturated carbocycles. The summed E-state index contributed by atoms with van der Waals surface area (Å²) in [6.45, 7) is 7.97. The van der Waals surface area contributed by atoms with E-state index in [4.69, 9.17) is 0 Å². The molecular formula is C14H21BN2O2. The van der Waals surface area contributed by atoms with E-state index >= 15 is 0 Å². The van der Waals surface area contributed by atoms with Crippen molar-refractivity contribution in [2.24, 2.45) is 0 Å². The Morgan fingerprint density at radius 3 is 2.58 bits per heavy atom. The van der Waals surface area contributed by atoms with Crippen molar-refractivity contribution in [2.45, 2.75) is 20.3 Å². The van der Waals surface area contributed by atoms with Crippen LogP contribution in [-0.4, -0.2) is 53.7 Å². The SMILES string of the molecule is CB(O)N1CCN(Cc2cccc(C(C)=O)c2)CC1. The zero-order valence-electron chi connectivity index (χ0n) is 11.7. The maximum Gasteiger partial charge on any atom is 0.376 e. The summed E-state index contributed by atoms with van der Waals surface area (Å²) in [4.78, 5) is 15.8. The molecule has 4 nitrogen and oxygen atoms in total. The molecule has 1 saturated heterocycles. The fourth-order valence-electron chi connectivity index (χ4n) is 2.44. The Hall–Kier alpha value is -1.17. The molecule has 0 unspecified atom stereocenters. The molecule has 0 amide bonds. The van der Waals surface area contributed by atoms with Crippen LogP contribution in [0, 0.1) is 0 Å². The first-order chi connectivity index (χ1) is 9.06. The van der Waals surface area contributed by atoms with Crippen LogP contribution in [0.4, 0.5) is 0 Å². The number of hydrogen-bond donors (Lipinski definition) is 1. The van der Waals surface area contributed by atoms with Gasteiger partial charge in [-0.3, -0.25) is 9.69 Å². The summed E-state index contributed by atoms with van der Waals surface area (Å²) in [5.74, 6) is 0.112. The minimum Gasteiger partial charge on any atom is -0.437 e. The van der Waals surface area contributed by atoms with Crippen LogP contribution in [0.5, 0.6) is 0 Å². The van der Waals surface area contributed by atoms with Crippen LogP contribution in [0.25, 0.3) is 0 Å². The normalized spacial score (nSPS) is 17.4. The molecule has 1 heterocycles. The van der Waals surface area contributed by atoms with E-state index in [0.717, 1.165) is 38.3 Å². The molecule has 5 heteroatoms. The Labute approximate surface area is 115 Å². The second-order valence-corrected chi connectivity index (χ2v) is 5.20. The van der Waals surface area contributed by atoms with Gasteiger partial charge in [0.25, 0.3) is 0 Å². The van der Waals surface area contributed by atoms with E-state index in [1.54, 1.807) is 6.92 Å². The van der Waals surface area contributed by atoms with Gasteiger partial charge in [0.1, 0.15) is 0 Å². The number of hydrogen-bond acceptors (Lipinski definition) is 4. The lowest BCUT2D eigenvalue weighted by atomic mass is 9.84. The van der Waals surface area contributed by atoms with Gasteiger partial charge in [0, 0.05) is 38.3 Å². The van der Waals surface area contributed by atoms with Crippen molar-refractivity contribution in [3.05, 3.63) is 35.4 Å². The molecule has 102 valence electrons. The predicted octanol–water partition coefficient (Wildman–Crippen LogP) is 1.12. The van der Waals surface area contributed by atoms with Gasteiger partial charge in [-0.25, -0.2) is 0 Å². The maximum atomic E-state index is 11.4. The van der Waals surface area contributed by atoms with Crippen molar-refractivity contribution >= 4 is 12.8 Å². The highest BCUT2D eigenvalue weighted by Crippen LogP contribution is 2.11. The van der Waals surface area contributed by atoms with Crippen LogP contribution in [0.3, 0.4) is 0 Å². The molecule has 0 spiro atoms. The van der Waals surface area contributed by atoms with Gasteiger partial charge in [-0.1, -0.05) is 18.2 Å². The molecule has 0 atom stereocenters. The van der Waals surface area contributed by atoms with Crippen LogP contribution in [0.15, 0.2) is 24.3 Å². The van der Waals surface area contributed by atoms with E-state index in [-0.39, 0.29) is 12.8 Å². The standard InChI is InChI=1S/C14H21BN2O2/c1-12(18)14-5-3-4-13(10-14)11-16-6-8-17(9-7-16)15(2)19/h3-5,10,19H,6-9,11H2,1-2H3. The van der Waals surface area contributed by atoms with Gasteiger partial charge in [-0.2, -0.15) is 0 Å². The van der Waals surface area contributed by atoms with Crippen molar-refractivity contribution < 1.29 is 9.82 Å². The van der Waals surface area contributed by atoms with Gasteiger partial charge in [0.05, 0.1) is 0 Å². The molecule has 0 bridgehead atoms. The molecule has 2 rings (SSSR count). The molecule has 19 heavy (non-hydrogen) atoms. The van der Waals surface area contributed by atoms with Gasteiger partial charge >= 0.3 is 7.05 Å². The fraction of sp³-hybridized carbons (Fsp3) is 0.500. The van der Waals surface area contributed by atoms with Crippen LogP contribution >= 0.6 is 0 Å². The number of Topliss-reactive ketones (excluding diaryl/α,β-unsaturated/α-hetero) is 1. The third-order valence-electron chi connectivity index (χ3n) is 3.68. The number of nitrogens with zero attached hydrogens (tertiary/aromatic N) is 2. The Morgan fingerprint density at radius 1 is 1.32 bits per heavy atom. The molecule has 0 aromatic heterocycles. The maximum absolute atomic E-state index is 11.4. The van der Waals surface area contributed by atoms with Crippen LogP contribution in [0.1, 0.15) is 22.8 Å². The summed E-state index contributed by atoms with van der Waals surface area (Å²) < 4.78 is 0. The first-order valence-electron chi connectivity index (χ1n) is 6.80. The zero-order chi connectivity index (χ0) is 13.8. The Morgan fingerprint density at radius 2 is 2.00 bits per heavy atom. The van der Waals surface area contributed by atoms with E-state index in [1.165, 1.54) is 5.56 Å². The summed E-state index contributed by atoms with van der Waals surface area (Å²) in [6.07, 6.45) is 0. The van der Waals surface area contributed by atoms with Crippen molar-refractivity contribution in [1.82, 2.24) is 9.71 Å². The molecule has 1 fully saturated rings. The summed E-state index contributed by atoms with van der Waals surface area (Å²) in [7, 11) is -0.358. The summed E-state index contributed by atoms with van der Waals surface area (Å²) in [6, 6.07) is 7.84. The van der Waals surface area contributed by atoms with Gasteiger partial charge in [-0.05, 0) is 25.4 Å². The van der Waals surface area contributed by atoms with Gasteiger partial charge in [-0.15, -0.1) is 0 Å². The monoisotopic (exact) mass is 260 g/mol. The molecule has 0 radical (unpaired) electrons. The average Bonchev–Trinajstić information content (AvgIpc) is 2.39. The number of carbonyl (C=O) groups is 1. The molecule has 1 aromatic rings. The lowest BCUT2D eigenvalue weighted by Crippen LogP contribution is -2.51. The van der Waals surface area contributed by atoms with E-state index in [0.29, 0.717) is 0 Å². The lowest BCUT2D eigenvalue weighted by Gasteiger charge is -2.35. The lowest BCUT2D eigenvalue weighted by molar-refractivity contribution is 0.101. The molecule has 1 aliphatic rings. The van der Waals surface area contributed by atoms with E-state index in [1.807, 2.05) is 25.0 Å². The zero-order valence-corrected chi connectivity index (χ0v) is 11.7. The Bertz CT molecular complexity index is 443. The van der Waals surface area contributed by atoms with E-state index in [9.17, 15) is 9.82 Å². The molecule has 1 aromatic carbocycles. The number of rotatable bonds is 4. The third kappa shape index (κ3) is 3.90. The first kappa shape index (κ1) is 14.2. The van der Waals surface area contributed by atoms with Crippen molar-refractivity contribution in [2.75, 3.05) is 26.2 Å². The number of benzene rings is 1. The van der Waals surface area contributed by atoms with Gasteiger partial charge < -0.3 is 9.83 Å². The minimum absolute atomic E-state index is 0.112. The number of ketones is 1. The van der Waals surface area contributed by atoms with Gasteiger partial charge in [0.2, 0.25) is 0 Å². The number of piperazine rings is 1. The van der Waals surface area contributed by atoms with Crippen LogP contribution < -0.4 is 0 Å². The summed E-state index contributed by atoms with van der Waals surface area (Å²) in [5.41, 5.74) is 1.96. The van der Waals surface area contributed by atoms with Crippen molar-refractivity contribution in [1.29, 1.82) is 0 Å². The topological polar surface area (TPSA) is 43.8 Å². The van der Waals surface area contributed by atoms with Crippen molar-refractivity contribution in [3.8, 4) is 0 Å². The van der Waals surface area contributed by atoms with Crippen LogP contribution in [-0.2, 0) is 6.54 Å². The first-order valence-corrected chi connectivity index (χ1v) is 6.80. The Kier molecular flexibility index (Phi) is 4.74. The second kappa shape index (κ2) is 6.32. The van der Waals surface area contributed by atoms with Gasteiger partial charge in [0.15, 0.2) is 5.78 Å². The minimum atomic E-state index is -0.358. The molecule has 0 aliphatic carbocycles. The largest absolute Gasteiger partial charge is 0.437 e. The highest BCUT2D eigenvalue weighted by molar-refractivity contribution is 6.45. The summed E-state index contributed by atoms with van der Waals surface area (Å²) in [5, 5.41) is 9.52. The second-order valence-electron chi connectivity index (χ2n) is 5.20. The molecular weight excluding hydrogens is 239 g/mol. The Balaban J connectivity index is 1.92.